The molecule has 1 unspecified atom stereocenters. The van der Waals surface area contributed by atoms with Crippen LogP contribution in [0.25, 0.3) is 0 Å². The Kier molecular flexibility index (Phi) is 4.22. The minimum absolute atomic E-state index is 0.541. The van der Waals surface area contributed by atoms with Crippen molar-refractivity contribution in [3.63, 3.8) is 0 Å². The summed E-state index contributed by atoms with van der Waals surface area (Å²) in [6, 6.07) is 12.8. The van der Waals surface area contributed by atoms with Crippen molar-refractivity contribution >= 4 is 17.3 Å². The van der Waals surface area contributed by atoms with Crippen LogP contribution < -0.4 is 10.6 Å². The van der Waals surface area contributed by atoms with Crippen molar-refractivity contribution in [2.24, 2.45) is 0 Å². The van der Waals surface area contributed by atoms with Gasteiger partial charge in [-0.3, -0.25) is 4.90 Å². The smallest absolute Gasteiger partial charge is 0.166 e. The van der Waals surface area contributed by atoms with Crippen molar-refractivity contribution in [1.29, 1.82) is 0 Å². The fourth-order valence-electron chi connectivity index (χ4n) is 3.70. The van der Waals surface area contributed by atoms with E-state index in [1.807, 2.05) is 7.05 Å². The van der Waals surface area contributed by atoms with Gasteiger partial charge in [-0.05, 0) is 43.5 Å². The van der Waals surface area contributed by atoms with Crippen molar-refractivity contribution in [2.75, 3.05) is 7.05 Å². The molecule has 0 amide bonds. The van der Waals surface area contributed by atoms with Gasteiger partial charge < -0.3 is 10.6 Å². The quantitative estimate of drug-likeness (QED) is 0.835. The van der Waals surface area contributed by atoms with Crippen LogP contribution in [0.1, 0.15) is 31.2 Å². The molecule has 3 atom stereocenters. The summed E-state index contributed by atoms with van der Waals surface area (Å²) in [7, 11) is 1.88. The Hall–Kier alpha value is -1.13. The first-order valence-corrected chi connectivity index (χ1v) is 7.95. The molecule has 2 heterocycles. The number of rotatable bonds is 3. The van der Waals surface area contributed by atoms with E-state index in [0.717, 1.165) is 11.7 Å². The highest BCUT2D eigenvalue weighted by molar-refractivity contribution is 7.80. The van der Waals surface area contributed by atoms with Gasteiger partial charge in [0.2, 0.25) is 0 Å². The second-order valence-electron chi connectivity index (χ2n) is 5.93. The maximum atomic E-state index is 5.23. The van der Waals surface area contributed by atoms with E-state index in [4.69, 9.17) is 12.2 Å². The molecule has 2 aliphatic rings. The van der Waals surface area contributed by atoms with Crippen LogP contribution in [-0.4, -0.2) is 35.2 Å². The monoisotopic (exact) mass is 289 g/mol. The molecule has 1 aromatic rings. The first-order chi connectivity index (χ1) is 9.76. The summed E-state index contributed by atoms with van der Waals surface area (Å²) in [5.74, 6) is 0. The average molecular weight is 289 g/mol. The van der Waals surface area contributed by atoms with E-state index < -0.39 is 0 Å². The predicted octanol–water partition coefficient (Wildman–Crippen LogP) is 2.28. The van der Waals surface area contributed by atoms with Gasteiger partial charge in [0.05, 0.1) is 0 Å². The third-order valence-corrected chi connectivity index (χ3v) is 4.98. The first-order valence-electron chi connectivity index (χ1n) is 7.54. The summed E-state index contributed by atoms with van der Waals surface area (Å²) < 4.78 is 0. The zero-order valence-electron chi connectivity index (χ0n) is 12.0. The van der Waals surface area contributed by atoms with Crippen LogP contribution in [0, 0.1) is 0 Å². The van der Waals surface area contributed by atoms with Crippen LogP contribution >= 0.6 is 12.2 Å². The summed E-state index contributed by atoms with van der Waals surface area (Å²) in [5.41, 5.74) is 1.43. The molecular formula is C16H23N3S. The standard InChI is InChI=1S/C16H23N3S/c1-17-16(20)18-13-9-14-7-8-15(10-13)19(14)11-12-5-3-2-4-6-12/h2-6,13-15H,7-11H2,1H3,(H2,17,18,20)/t13?,14-,15+. The Morgan fingerprint density at radius 1 is 1.20 bits per heavy atom. The molecule has 20 heavy (non-hydrogen) atoms. The average Bonchev–Trinajstić information content (AvgIpc) is 2.71. The maximum absolute atomic E-state index is 5.23. The van der Waals surface area contributed by atoms with Gasteiger partial charge in [0.1, 0.15) is 0 Å². The van der Waals surface area contributed by atoms with Gasteiger partial charge >= 0.3 is 0 Å². The molecule has 0 spiro atoms. The van der Waals surface area contributed by atoms with E-state index in [-0.39, 0.29) is 0 Å². The van der Waals surface area contributed by atoms with Crippen LogP contribution in [0.2, 0.25) is 0 Å². The fourth-order valence-corrected chi connectivity index (χ4v) is 3.87. The Labute approximate surface area is 126 Å². The molecular weight excluding hydrogens is 266 g/mol. The number of nitrogens with one attached hydrogen (secondary N) is 2. The van der Waals surface area contributed by atoms with Gasteiger partial charge in [-0.2, -0.15) is 0 Å². The number of hydrogen-bond donors (Lipinski definition) is 2. The lowest BCUT2D eigenvalue weighted by molar-refractivity contribution is 0.115. The second kappa shape index (κ2) is 6.10. The summed E-state index contributed by atoms with van der Waals surface area (Å²) in [4.78, 5) is 2.70. The molecule has 2 saturated heterocycles. The zero-order chi connectivity index (χ0) is 13.9. The Morgan fingerprint density at radius 3 is 2.45 bits per heavy atom. The lowest BCUT2D eigenvalue weighted by atomic mass is 9.96. The normalized spacial score (nSPS) is 29.1. The van der Waals surface area contributed by atoms with Crippen molar-refractivity contribution in [3.05, 3.63) is 35.9 Å². The minimum Gasteiger partial charge on any atom is -0.366 e. The highest BCUT2D eigenvalue weighted by atomic mass is 32.1. The van der Waals surface area contributed by atoms with E-state index in [9.17, 15) is 0 Å². The van der Waals surface area contributed by atoms with Gasteiger partial charge in [-0.1, -0.05) is 30.3 Å². The number of nitrogens with zero attached hydrogens (tertiary/aromatic N) is 1. The number of benzene rings is 1. The molecule has 0 saturated carbocycles. The largest absolute Gasteiger partial charge is 0.366 e. The van der Waals surface area contributed by atoms with E-state index in [1.54, 1.807) is 0 Å². The van der Waals surface area contributed by atoms with E-state index in [1.165, 1.54) is 31.2 Å². The van der Waals surface area contributed by atoms with Gasteiger partial charge in [0.25, 0.3) is 0 Å². The Balaban J connectivity index is 1.62. The van der Waals surface area contributed by atoms with E-state index in [2.05, 4.69) is 45.9 Å². The molecule has 3 rings (SSSR count). The highest BCUT2D eigenvalue weighted by Gasteiger charge is 2.40. The Bertz CT molecular complexity index is 448. The molecule has 4 heteroatoms. The minimum atomic E-state index is 0.541. The number of fused-ring (bicyclic) bond motifs is 2. The summed E-state index contributed by atoms with van der Waals surface area (Å²) in [6.45, 7) is 1.10. The molecule has 2 fully saturated rings. The summed E-state index contributed by atoms with van der Waals surface area (Å²) >= 11 is 5.23. The highest BCUT2D eigenvalue weighted by Crippen LogP contribution is 2.36. The van der Waals surface area contributed by atoms with Crippen LogP contribution in [0.5, 0.6) is 0 Å². The SMILES string of the molecule is CNC(=S)NC1C[C@H]2CC[C@@H](C1)N2Cc1ccccc1. The molecule has 3 nitrogen and oxygen atoms in total. The molecule has 108 valence electrons. The number of piperidine rings is 1. The van der Waals surface area contributed by atoms with Crippen molar-refractivity contribution in [2.45, 2.75) is 50.4 Å². The van der Waals surface area contributed by atoms with Gasteiger partial charge in [0, 0.05) is 31.7 Å². The van der Waals surface area contributed by atoms with Crippen molar-refractivity contribution < 1.29 is 0 Å². The Morgan fingerprint density at radius 2 is 1.85 bits per heavy atom. The molecule has 0 radical (unpaired) electrons. The summed E-state index contributed by atoms with van der Waals surface area (Å²) in [5, 5.41) is 7.25. The third-order valence-electron chi connectivity index (χ3n) is 4.65. The van der Waals surface area contributed by atoms with E-state index >= 15 is 0 Å². The van der Waals surface area contributed by atoms with Gasteiger partial charge in [-0.25, -0.2) is 0 Å². The molecule has 2 N–H and O–H groups in total. The fraction of sp³-hybridized carbons (Fsp3) is 0.562. The van der Waals surface area contributed by atoms with E-state index in [0.29, 0.717) is 18.1 Å². The second-order valence-corrected chi connectivity index (χ2v) is 6.34. The van der Waals surface area contributed by atoms with Crippen LogP contribution in [0.3, 0.4) is 0 Å². The summed E-state index contributed by atoms with van der Waals surface area (Å²) in [6.07, 6.45) is 5.10. The number of hydrogen-bond acceptors (Lipinski definition) is 2. The maximum Gasteiger partial charge on any atom is 0.166 e. The number of thiocarbonyl (C=S) groups is 1. The molecule has 0 aromatic heterocycles. The molecule has 2 bridgehead atoms. The lowest BCUT2D eigenvalue weighted by Gasteiger charge is -2.39. The molecule has 1 aromatic carbocycles. The zero-order valence-corrected chi connectivity index (χ0v) is 12.8. The molecule has 0 aliphatic carbocycles. The van der Waals surface area contributed by atoms with Crippen molar-refractivity contribution in [1.82, 2.24) is 15.5 Å². The predicted molar refractivity (Wildman–Crippen MR) is 86.6 cm³/mol. The lowest BCUT2D eigenvalue weighted by Crippen LogP contribution is -2.51. The van der Waals surface area contributed by atoms with Crippen LogP contribution in [-0.2, 0) is 6.54 Å². The van der Waals surface area contributed by atoms with Crippen molar-refractivity contribution in [3.8, 4) is 0 Å². The van der Waals surface area contributed by atoms with Crippen LogP contribution in [0.4, 0.5) is 0 Å². The third kappa shape index (κ3) is 2.96. The topological polar surface area (TPSA) is 27.3 Å². The van der Waals surface area contributed by atoms with Crippen LogP contribution in [0.15, 0.2) is 30.3 Å². The first kappa shape index (κ1) is 13.8. The van der Waals surface area contributed by atoms with Gasteiger partial charge in [-0.15, -0.1) is 0 Å². The van der Waals surface area contributed by atoms with Gasteiger partial charge in [0.15, 0.2) is 5.11 Å². The molecule has 2 aliphatic heterocycles.